The third-order valence-electron chi connectivity index (χ3n) is 4.71. The van der Waals surface area contributed by atoms with Crippen LogP contribution in [0.2, 0.25) is 0 Å². The number of carbonyl (C=O) groups excluding carboxylic acids is 1. The molecule has 0 saturated carbocycles. The predicted molar refractivity (Wildman–Crippen MR) is 93.2 cm³/mol. The van der Waals surface area contributed by atoms with Crippen molar-refractivity contribution in [3.63, 3.8) is 0 Å². The molecule has 1 atom stereocenters. The first-order valence-electron chi connectivity index (χ1n) is 8.61. The quantitative estimate of drug-likeness (QED) is 0.856. The van der Waals surface area contributed by atoms with Gasteiger partial charge in [-0.2, -0.15) is 5.10 Å². The number of aromatic nitrogens is 2. The van der Waals surface area contributed by atoms with Gasteiger partial charge in [0.15, 0.2) is 11.6 Å². The average molecular weight is 345 g/mol. The van der Waals surface area contributed by atoms with Crippen molar-refractivity contribution in [3.8, 4) is 5.75 Å². The van der Waals surface area contributed by atoms with E-state index in [4.69, 9.17) is 4.74 Å². The number of piperidine rings is 1. The summed E-state index contributed by atoms with van der Waals surface area (Å²) in [6, 6.07) is 6.94. The van der Waals surface area contributed by atoms with Crippen LogP contribution in [-0.2, 0) is 11.2 Å². The van der Waals surface area contributed by atoms with Gasteiger partial charge in [-0.25, -0.2) is 4.39 Å². The van der Waals surface area contributed by atoms with E-state index in [0.717, 1.165) is 30.8 Å². The smallest absolute Gasteiger partial charge is 0.227 e. The lowest BCUT2D eigenvalue weighted by atomic mass is 10.0. The van der Waals surface area contributed by atoms with Gasteiger partial charge in [0.2, 0.25) is 5.91 Å². The van der Waals surface area contributed by atoms with Crippen molar-refractivity contribution in [1.82, 2.24) is 14.7 Å². The number of amides is 1. The van der Waals surface area contributed by atoms with Crippen molar-refractivity contribution < 1.29 is 13.9 Å². The van der Waals surface area contributed by atoms with Gasteiger partial charge in [-0.05, 0) is 50.5 Å². The van der Waals surface area contributed by atoms with E-state index in [-0.39, 0.29) is 24.1 Å². The third kappa shape index (κ3) is 3.83. The van der Waals surface area contributed by atoms with Gasteiger partial charge in [0, 0.05) is 18.8 Å². The highest BCUT2D eigenvalue weighted by Gasteiger charge is 2.26. The van der Waals surface area contributed by atoms with Gasteiger partial charge in [0.25, 0.3) is 0 Å². The number of rotatable bonds is 4. The summed E-state index contributed by atoms with van der Waals surface area (Å²) in [4.78, 5) is 14.5. The Kier molecular flexibility index (Phi) is 5.06. The summed E-state index contributed by atoms with van der Waals surface area (Å²) in [5.41, 5.74) is 2.78. The maximum absolute atomic E-state index is 13.8. The van der Waals surface area contributed by atoms with Crippen molar-refractivity contribution in [3.05, 3.63) is 47.0 Å². The zero-order valence-corrected chi connectivity index (χ0v) is 15.0. The molecule has 1 fully saturated rings. The molecule has 2 aromatic rings. The molecule has 1 aliphatic heterocycles. The number of carbonyl (C=O) groups is 1. The minimum Gasteiger partial charge on any atom is -0.494 e. The van der Waals surface area contributed by atoms with Gasteiger partial charge in [0.05, 0.1) is 25.3 Å². The van der Waals surface area contributed by atoms with Crippen molar-refractivity contribution in [1.29, 1.82) is 0 Å². The Bertz CT molecular complexity index is 772. The fraction of sp³-hybridized carbons (Fsp3) is 0.474. The Labute approximate surface area is 147 Å². The number of aryl methyl sites for hydroxylation is 2. The summed E-state index contributed by atoms with van der Waals surface area (Å²) in [5, 5.41) is 4.56. The molecule has 1 aliphatic rings. The lowest BCUT2D eigenvalue weighted by molar-refractivity contribution is -0.132. The molecule has 1 saturated heterocycles. The van der Waals surface area contributed by atoms with Crippen LogP contribution < -0.4 is 4.74 Å². The first-order chi connectivity index (χ1) is 12.0. The Morgan fingerprint density at radius 3 is 2.80 bits per heavy atom. The maximum atomic E-state index is 13.8. The van der Waals surface area contributed by atoms with Crippen LogP contribution in [0.1, 0.15) is 35.8 Å². The zero-order valence-electron chi connectivity index (χ0n) is 15.0. The van der Waals surface area contributed by atoms with Crippen molar-refractivity contribution in [2.45, 2.75) is 39.2 Å². The van der Waals surface area contributed by atoms with E-state index < -0.39 is 5.82 Å². The van der Waals surface area contributed by atoms with Crippen LogP contribution in [0.5, 0.6) is 5.75 Å². The molecular formula is C19H24FN3O2. The fourth-order valence-electron chi connectivity index (χ4n) is 3.50. The molecule has 5 nitrogen and oxygen atoms in total. The van der Waals surface area contributed by atoms with Gasteiger partial charge in [-0.15, -0.1) is 0 Å². The summed E-state index contributed by atoms with van der Waals surface area (Å²) in [6.45, 7) is 5.42. The molecule has 3 rings (SSSR count). The first-order valence-corrected chi connectivity index (χ1v) is 8.61. The van der Waals surface area contributed by atoms with E-state index in [2.05, 4.69) is 11.2 Å². The number of ether oxygens (including phenoxy) is 1. The second-order valence-electron chi connectivity index (χ2n) is 6.65. The van der Waals surface area contributed by atoms with Crippen molar-refractivity contribution in [2.75, 3.05) is 20.2 Å². The van der Waals surface area contributed by atoms with Crippen LogP contribution in [0, 0.1) is 19.7 Å². The molecule has 0 N–H and O–H groups in total. The predicted octanol–water partition coefficient (Wildman–Crippen LogP) is 3.05. The van der Waals surface area contributed by atoms with Crippen LogP contribution in [0.4, 0.5) is 4.39 Å². The topological polar surface area (TPSA) is 47.4 Å². The molecule has 25 heavy (non-hydrogen) atoms. The summed E-state index contributed by atoms with van der Waals surface area (Å²) in [5.74, 6) is -0.221. The number of nitrogens with zero attached hydrogens (tertiary/aromatic N) is 3. The van der Waals surface area contributed by atoms with Gasteiger partial charge in [0.1, 0.15) is 0 Å². The molecule has 0 radical (unpaired) electrons. The van der Waals surface area contributed by atoms with Crippen LogP contribution in [0.25, 0.3) is 0 Å². The number of likely N-dealkylation sites (tertiary alicyclic amines) is 1. The highest BCUT2D eigenvalue weighted by molar-refractivity contribution is 5.79. The standard InChI is InChI=1S/C19H24FN3O2/c1-13-9-14(2)23(21-13)16-5-4-8-22(12-16)19(24)11-15-6-7-18(25-3)17(20)10-15/h6-7,9-10,16H,4-5,8,11-12H2,1-3H3/t16-/m0/s1. The summed E-state index contributed by atoms with van der Waals surface area (Å²) < 4.78 is 20.8. The molecule has 0 spiro atoms. The summed E-state index contributed by atoms with van der Waals surface area (Å²) in [6.07, 6.45) is 2.17. The van der Waals surface area contributed by atoms with E-state index in [1.807, 2.05) is 23.4 Å². The highest BCUT2D eigenvalue weighted by Crippen LogP contribution is 2.24. The Balaban J connectivity index is 1.68. The van der Waals surface area contributed by atoms with Crippen molar-refractivity contribution in [2.24, 2.45) is 0 Å². The van der Waals surface area contributed by atoms with E-state index in [1.54, 1.807) is 12.1 Å². The van der Waals surface area contributed by atoms with Gasteiger partial charge >= 0.3 is 0 Å². The van der Waals surface area contributed by atoms with E-state index in [0.29, 0.717) is 12.1 Å². The minimum atomic E-state index is -0.438. The molecule has 2 heterocycles. The Hall–Kier alpha value is -2.37. The molecule has 0 bridgehead atoms. The molecule has 1 aromatic carbocycles. The van der Waals surface area contributed by atoms with E-state index in [9.17, 15) is 9.18 Å². The molecule has 6 heteroatoms. The van der Waals surface area contributed by atoms with Crippen LogP contribution in [0.15, 0.2) is 24.3 Å². The summed E-state index contributed by atoms with van der Waals surface area (Å²) >= 11 is 0. The maximum Gasteiger partial charge on any atom is 0.227 e. The number of methoxy groups -OCH3 is 1. The molecule has 1 amide bonds. The van der Waals surface area contributed by atoms with Crippen LogP contribution in [-0.4, -0.2) is 40.8 Å². The van der Waals surface area contributed by atoms with E-state index in [1.165, 1.54) is 13.2 Å². The molecule has 0 unspecified atom stereocenters. The number of hydrogen-bond donors (Lipinski definition) is 0. The second kappa shape index (κ2) is 7.25. The normalized spacial score (nSPS) is 17.6. The fourth-order valence-corrected chi connectivity index (χ4v) is 3.50. The number of halogens is 1. The van der Waals surface area contributed by atoms with Crippen LogP contribution >= 0.6 is 0 Å². The Morgan fingerprint density at radius 2 is 2.16 bits per heavy atom. The average Bonchev–Trinajstić information content (AvgIpc) is 2.93. The first kappa shape index (κ1) is 17.5. The largest absolute Gasteiger partial charge is 0.494 e. The molecular weight excluding hydrogens is 321 g/mol. The SMILES string of the molecule is COc1ccc(CC(=O)N2CCC[C@H](n3nc(C)cc3C)C2)cc1F. The Morgan fingerprint density at radius 1 is 1.36 bits per heavy atom. The van der Waals surface area contributed by atoms with E-state index >= 15 is 0 Å². The van der Waals surface area contributed by atoms with Gasteiger partial charge in [-0.1, -0.05) is 6.07 Å². The van der Waals surface area contributed by atoms with Gasteiger partial charge in [-0.3, -0.25) is 9.48 Å². The number of hydrogen-bond acceptors (Lipinski definition) is 3. The zero-order chi connectivity index (χ0) is 18.0. The lowest BCUT2D eigenvalue weighted by Crippen LogP contribution is -2.41. The summed E-state index contributed by atoms with van der Waals surface area (Å²) in [7, 11) is 1.43. The lowest BCUT2D eigenvalue weighted by Gasteiger charge is -2.33. The molecule has 134 valence electrons. The minimum absolute atomic E-state index is 0.0239. The molecule has 1 aromatic heterocycles. The van der Waals surface area contributed by atoms with Crippen molar-refractivity contribution >= 4 is 5.91 Å². The molecule has 0 aliphatic carbocycles. The third-order valence-corrected chi connectivity index (χ3v) is 4.71. The monoisotopic (exact) mass is 345 g/mol. The van der Waals surface area contributed by atoms with Gasteiger partial charge < -0.3 is 9.64 Å². The van der Waals surface area contributed by atoms with Crippen LogP contribution in [0.3, 0.4) is 0 Å². The second-order valence-corrected chi connectivity index (χ2v) is 6.65. The highest BCUT2D eigenvalue weighted by atomic mass is 19.1. The number of benzene rings is 1.